The number of rotatable bonds is 16. The maximum atomic E-state index is 14.1. The SMILES string of the molecule is C.C.C.C.C.C.CC(=O)O[C@H]1C=C[C@@H](O)C1.CC(C)(C)OC(=O)N([C@H]1CC[C@H](n2cc(F)c(N)nc2=O)C1)S(=O)(=O)c1cccc(Br)c1.Nc1nc(=O)n([C@H]2C=C[C@@H](O)C2)cc1F.Nc1nc(=O)n([C@H]2CC[C@@H](O)C2)cc1F.Nc1nc(=O)n([C@H]2CC[C@H](NS(=O)(=O)c3cccc(-c4ccccc4F)c3)C2)cc1F.Nc1nc(=O)n([C@H]2CC[C@H](NS(=O)(=O)c3cccc(Br)c3)C2)cc1F. The predicted octanol–water partition coefficient (Wildman–Crippen LogP) is 12.0. The Balaban J connectivity index is 0.000000345. The van der Waals surface area contributed by atoms with E-state index in [0.29, 0.717) is 97.1 Å². The number of benzene rings is 4. The van der Waals surface area contributed by atoms with Crippen LogP contribution < -0.4 is 66.6 Å². The van der Waals surface area contributed by atoms with Crippen LogP contribution in [0.5, 0.6) is 0 Å². The van der Waals surface area contributed by atoms with Crippen LogP contribution in [-0.2, 0) is 44.3 Å². The molecule has 12 atom stereocenters. The van der Waals surface area contributed by atoms with E-state index in [0.717, 1.165) is 49.0 Å². The molecule has 36 nitrogen and oxygen atoms in total. The topological polar surface area (TPSA) is 548 Å². The van der Waals surface area contributed by atoms with Crippen molar-refractivity contribution in [2.45, 2.75) is 255 Å². The molecule has 1 amide bonds. The highest BCUT2D eigenvalue weighted by Crippen LogP contribution is 2.39. The normalized spacial score (nSPS) is 20.7. The van der Waals surface area contributed by atoms with Crippen LogP contribution in [0, 0.1) is 34.9 Å². The van der Waals surface area contributed by atoms with Gasteiger partial charge in [0.05, 0.1) is 45.1 Å². The third-order valence-corrected chi connectivity index (χ3v) is 26.7. The molecule has 6 aliphatic carbocycles. The Morgan fingerprint density at radius 1 is 0.448 bits per heavy atom. The minimum absolute atomic E-state index is 0. The van der Waals surface area contributed by atoms with Crippen LogP contribution in [0.2, 0.25) is 0 Å². The monoisotopic (exact) mass is 2070 g/mol. The number of hydrogen-bond donors (Lipinski definition) is 10. The van der Waals surface area contributed by atoms with Gasteiger partial charge in [-0.3, -0.25) is 27.6 Å². The van der Waals surface area contributed by atoms with Gasteiger partial charge in [-0.05, 0) is 164 Å². The minimum Gasteiger partial charge on any atom is -0.458 e. The summed E-state index contributed by atoms with van der Waals surface area (Å²) in [6, 6.07) is 21.1. The van der Waals surface area contributed by atoms with E-state index in [1.807, 2.05) is 0 Å². The van der Waals surface area contributed by atoms with Crippen molar-refractivity contribution in [1.82, 2.24) is 61.5 Å². The van der Waals surface area contributed by atoms with Crippen LogP contribution in [0.4, 0.5) is 60.2 Å². The van der Waals surface area contributed by atoms with E-state index in [2.05, 4.69) is 66.2 Å². The number of anilines is 5. The molecule has 0 spiro atoms. The fourth-order valence-electron chi connectivity index (χ4n) is 14.8. The molecule has 134 heavy (non-hydrogen) atoms. The third kappa shape index (κ3) is 30.3. The molecule has 0 aliphatic heterocycles. The fourth-order valence-corrected chi connectivity index (χ4v) is 20.2. The molecule has 0 saturated heterocycles. The number of ether oxygens (including phenoxy) is 2. The Labute approximate surface area is 789 Å². The van der Waals surface area contributed by atoms with Crippen molar-refractivity contribution in [3.05, 3.63) is 249 Å². The highest BCUT2D eigenvalue weighted by Gasteiger charge is 2.44. The van der Waals surface area contributed by atoms with Gasteiger partial charge in [-0.1, -0.05) is 137 Å². The van der Waals surface area contributed by atoms with Gasteiger partial charge in [-0.25, -0.2) is 89.8 Å². The molecule has 9 aromatic rings. The zero-order valence-electron chi connectivity index (χ0n) is 68.8. The standard InChI is InChI=1S/C21H20F2N4O3S.C20H24BrFN4O5S.C15H16BrFN4O3S.C9H12FN3O2.C9H10FN3O2.C7H10O3.6CH4/c22-18-7-2-1-6-17(18)13-4-3-5-16(10-13)31(29,30)26-14-8-9-15(11-14)27-12-19(23)20(24)25-21(27)28;1-20(2,3)31-19(28)26(32(29,30)15-6-4-5-12(21)9-15)14-8-7-13(10-14)25-11-16(22)17(23)24-18(25)27;16-9-2-1-3-12(6-9)25(23,24)20-10-4-5-11(7-10)21-8-13(17)14(18)19-15(21)22;2*10-7-4-13(9(15)12-8(7)11)5-1-2-6(14)3-5;1-5(8)10-7-3-2-6(9)4-7;;;;;;/h1-7,10,12,14-15,26H,8-9,11H2,(H2,24,25,28);4-6,9,11,13-14H,7-8,10H2,1-3H3,(H2,23,24,27);1-3,6,8,10-11,20H,4-5,7H2,(H2,18,19,22);4-6,14H,1-3H2,(H2,11,12,15);1-2,4-6,14H,3H2,(H2,11,12,15);2-3,6-7,9H,4H2,1H3;6*1H4/t14-,15-;13-,14-;10-,11-;2*5-,6+;6-,7+;;;;;;/m000001....../s1. The number of sulfonamides is 3. The van der Waals surface area contributed by atoms with Crippen molar-refractivity contribution >= 4 is 103 Å². The summed E-state index contributed by atoms with van der Waals surface area (Å²) in [5.41, 5.74) is 22.8. The molecule has 47 heteroatoms. The van der Waals surface area contributed by atoms with E-state index in [9.17, 15) is 95.4 Å². The molecule has 0 unspecified atom stereocenters. The number of carbonyl (C=O) groups excluding carboxylic acids is 2. The lowest BCUT2D eigenvalue weighted by atomic mass is 10.1. The third-order valence-electron chi connectivity index (χ3n) is 20.9. The Kier molecular flexibility index (Phi) is 42.3. The summed E-state index contributed by atoms with van der Waals surface area (Å²) in [6.45, 7) is 6.26. The summed E-state index contributed by atoms with van der Waals surface area (Å²) in [4.78, 5) is 99.4. The lowest BCUT2D eigenvalue weighted by Gasteiger charge is -2.31. The number of hydrogen-bond acceptors (Lipinski definition) is 28. The highest BCUT2D eigenvalue weighted by molar-refractivity contribution is 9.10. The first-order chi connectivity index (χ1) is 60.1. The summed E-state index contributed by atoms with van der Waals surface area (Å²) < 4.78 is 182. The van der Waals surface area contributed by atoms with Crippen molar-refractivity contribution in [1.29, 1.82) is 0 Å². The van der Waals surface area contributed by atoms with Gasteiger partial charge in [0.15, 0.2) is 58.2 Å². The summed E-state index contributed by atoms with van der Waals surface area (Å²) in [7, 11) is -11.8. The molecular weight excluding hydrogens is 1960 g/mol. The predicted molar refractivity (Wildman–Crippen MR) is 504 cm³/mol. The molecule has 6 aliphatic rings. The van der Waals surface area contributed by atoms with Crippen molar-refractivity contribution in [2.75, 3.05) is 28.7 Å². The Morgan fingerprint density at radius 2 is 0.821 bits per heavy atom. The number of aliphatic hydroxyl groups excluding tert-OH is 3. The zero-order chi connectivity index (χ0) is 93.8. The van der Waals surface area contributed by atoms with Crippen molar-refractivity contribution in [3.63, 3.8) is 0 Å². The summed E-state index contributed by atoms with van der Waals surface area (Å²) >= 11 is 6.49. The zero-order valence-corrected chi connectivity index (χ0v) is 74.4. The molecule has 0 bridgehead atoms. The number of esters is 1. The number of nitrogens with zero attached hydrogens (tertiary/aromatic N) is 11. The Morgan fingerprint density at radius 3 is 1.22 bits per heavy atom. The highest BCUT2D eigenvalue weighted by atomic mass is 79.9. The lowest BCUT2D eigenvalue weighted by Crippen LogP contribution is -2.46. The Bertz CT molecular complexity index is 6340. The number of nitrogens with two attached hydrogens (primary N) is 5. The number of aromatic nitrogens is 10. The number of nitrogens with one attached hydrogen (secondary N) is 2. The average molecular weight is 2070 g/mol. The van der Waals surface area contributed by atoms with E-state index in [1.54, 1.807) is 99.7 Å². The maximum Gasteiger partial charge on any atom is 0.424 e. The van der Waals surface area contributed by atoms with Crippen LogP contribution in [-0.4, -0.2) is 153 Å². The molecule has 5 heterocycles. The van der Waals surface area contributed by atoms with Gasteiger partial charge in [-0.2, -0.15) is 29.2 Å². The molecule has 4 saturated carbocycles. The number of aliphatic hydroxyl groups is 3. The number of carbonyl (C=O) groups is 2. The molecule has 5 aromatic heterocycles. The van der Waals surface area contributed by atoms with E-state index in [4.69, 9.17) is 43.2 Å². The molecular formula is C87H116Br2F6N18O18S3. The van der Waals surface area contributed by atoms with E-state index in [1.165, 1.54) is 58.5 Å². The maximum absolute atomic E-state index is 14.1. The van der Waals surface area contributed by atoms with E-state index < -0.39 is 171 Å². The molecule has 4 fully saturated rings. The minimum atomic E-state index is -4.28. The van der Waals surface area contributed by atoms with Gasteiger partial charge in [-0.15, -0.1) is 0 Å². The van der Waals surface area contributed by atoms with Gasteiger partial charge >= 0.3 is 40.5 Å². The largest absolute Gasteiger partial charge is 0.458 e. The summed E-state index contributed by atoms with van der Waals surface area (Å²) in [5, 5.41) is 27.5. The molecule has 15 N–H and O–H groups in total. The van der Waals surface area contributed by atoms with Crippen LogP contribution in [0.1, 0.15) is 192 Å². The van der Waals surface area contributed by atoms with Crippen molar-refractivity contribution < 1.29 is 86.0 Å². The van der Waals surface area contributed by atoms with Gasteiger partial charge in [0.25, 0.3) is 10.0 Å². The van der Waals surface area contributed by atoms with Crippen molar-refractivity contribution in [2.24, 2.45) is 0 Å². The second-order valence-corrected chi connectivity index (χ2v) is 38.5. The molecule has 0 radical (unpaired) electrons. The number of amides is 1. The number of allylic oxidation sites excluding steroid dienone is 1. The average Bonchev–Trinajstić information content (AvgIpc) is 1.47. The van der Waals surface area contributed by atoms with Gasteiger partial charge < -0.3 is 53.5 Å². The van der Waals surface area contributed by atoms with Crippen LogP contribution >= 0.6 is 31.9 Å². The molecule has 15 rings (SSSR count). The number of nitrogen functional groups attached to an aromatic ring is 5. The lowest BCUT2D eigenvalue weighted by molar-refractivity contribution is -0.144. The first-order valence-corrected chi connectivity index (χ1v) is 45.6. The van der Waals surface area contributed by atoms with Gasteiger partial charge in [0.1, 0.15) is 17.5 Å². The second-order valence-electron chi connectivity index (χ2n) is 31.4. The number of halogens is 8. The first kappa shape index (κ1) is 115. The molecule has 4 aromatic carbocycles. The van der Waals surface area contributed by atoms with E-state index in [-0.39, 0.29) is 114 Å². The smallest absolute Gasteiger partial charge is 0.424 e. The Hall–Kier alpha value is -11.3. The van der Waals surface area contributed by atoms with Crippen LogP contribution in [0.3, 0.4) is 0 Å². The van der Waals surface area contributed by atoms with Crippen molar-refractivity contribution in [3.8, 4) is 11.1 Å². The first-order valence-electron chi connectivity index (χ1n) is 39.6. The quantitative estimate of drug-likeness (QED) is 0.0244. The van der Waals surface area contributed by atoms with Crippen LogP contribution in [0.25, 0.3) is 11.1 Å². The van der Waals surface area contributed by atoms with Crippen LogP contribution in [0.15, 0.2) is 200 Å². The summed E-state index contributed by atoms with van der Waals surface area (Å²) in [5.74, 6) is -6.79. The van der Waals surface area contributed by atoms with E-state index >= 15 is 0 Å². The van der Waals surface area contributed by atoms with Gasteiger partial charge in [0.2, 0.25) is 20.0 Å². The summed E-state index contributed by atoms with van der Waals surface area (Å²) in [6.07, 6.45) is 14.9. The second kappa shape index (κ2) is 49.3. The molecule has 736 valence electrons. The van der Waals surface area contributed by atoms with Gasteiger partial charge in [0, 0.05) is 102 Å². The fraction of sp³-hybridized carbons (Fsp3) is 0.425.